The van der Waals surface area contributed by atoms with Gasteiger partial charge in [0, 0.05) is 6.61 Å². The maximum absolute atomic E-state index is 5.71. The maximum atomic E-state index is 5.71. The Morgan fingerprint density at radius 2 is 1.91 bits per heavy atom. The Hall–Kier alpha value is -0.0400. The summed E-state index contributed by atoms with van der Waals surface area (Å²) in [5.41, 5.74) is 0.328. The summed E-state index contributed by atoms with van der Waals surface area (Å²) < 4.78 is 5.71. The molecule has 0 amide bonds. The van der Waals surface area contributed by atoms with Gasteiger partial charge >= 0.3 is 0 Å². The monoisotopic (exact) mass is 156 g/mol. The van der Waals surface area contributed by atoms with E-state index in [2.05, 4.69) is 27.7 Å². The van der Waals surface area contributed by atoms with Gasteiger partial charge in [0.15, 0.2) is 0 Å². The summed E-state index contributed by atoms with van der Waals surface area (Å²) in [5, 5.41) is 0. The smallest absolute Gasteiger partial charge is 0.0625 e. The average molecular weight is 156 g/mol. The quantitative estimate of drug-likeness (QED) is 0.524. The van der Waals surface area contributed by atoms with Crippen LogP contribution in [0.15, 0.2) is 0 Å². The van der Waals surface area contributed by atoms with Crippen molar-refractivity contribution in [1.82, 2.24) is 0 Å². The Morgan fingerprint density at radius 1 is 1.27 bits per heavy atom. The molecule has 0 radical (unpaired) electrons. The molecule has 1 aliphatic rings. The number of hydrogen-bond donors (Lipinski definition) is 0. The fraction of sp³-hybridized carbons (Fsp3) is 1.00. The van der Waals surface area contributed by atoms with Crippen LogP contribution in [0.3, 0.4) is 0 Å². The van der Waals surface area contributed by atoms with Crippen LogP contribution in [0.5, 0.6) is 0 Å². The van der Waals surface area contributed by atoms with E-state index in [1.165, 1.54) is 12.8 Å². The molecular formula is C10H20O. The van der Waals surface area contributed by atoms with Gasteiger partial charge in [-0.05, 0) is 24.2 Å². The molecule has 0 aliphatic carbocycles. The van der Waals surface area contributed by atoms with Crippen molar-refractivity contribution in [3.63, 3.8) is 0 Å². The molecule has 0 aromatic carbocycles. The molecule has 0 bridgehead atoms. The zero-order valence-electron chi connectivity index (χ0n) is 8.18. The average Bonchev–Trinajstić information content (AvgIpc) is 1.86. The first kappa shape index (κ1) is 9.05. The molecule has 1 heteroatoms. The fourth-order valence-corrected chi connectivity index (χ4v) is 1.57. The highest BCUT2D eigenvalue weighted by Gasteiger charge is 2.29. The minimum Gasteiger partial charge on any atom is -0.378 e. The summed E-state index contributed by atoms with van der Waals surface area (Å²) in [5.74, 6) is 0.855. The summed E-state index contributed by atoms with van der Waals surface area (Å²) in [4.78, 5) is 0. The second-order valence-electron chi connectivity index (χ2n) is 4.86. The van der Waals surface area contributed by atoms with Crippen LogP contribution >= 0.6 is 0 Å². The van der Waals surface area contributed by atoms with Crippen LogP contribution in [0.25, 0.3) is 0 Å². The van der Waals surface area contributed by atoms with Gasteiger partial charge in [0.2, 0.25) is 0 Å². The lowest BCUT2D eigenvalue weighted by molar-refractivity contribution is -0.0636. The number of rotatable bonds is 0. The Kier molecular flexibility index (Phi) is 2.58. The van der Waals surface area contributed by atoms with Crippen molar-refractivity contribution >= 4 is 0 Å². The van der Waals surface area contributed by atoms with Crippen LogP contribution in [-0.2, 0) is 4.74 Å². The molecule has 11 heavy (non-hydrogen) atoms. The van der Waals surface area contributed by atoms with E-state index in [-0.39, 0.29) is 0 Å². The van der Waals surface area contributed by atoms with Crippen LogP contribution < -0.4 is 0 Å². The van der Waals surface area contributed by atoms with Crippen LogP contribution in [0.1, 0.15) is 40.5 Å². The Balaban J connectivity index is 2.46. The van der Waals surface area contributed by atoms with E-state index in [1.807, 2.05) is 0 Å². The summed E-state index contributed by atoms with van der Waals surface area (Å²) >= 11 is 0. The molecule has 0 saturated carbocycles. The first-order valence-corrected chi connectivity index (χ1v) is 4.62. The molecule has 1 fully saturated rings. The Labute approximate surface area is 70.1 Å². The normalized spacial score (nSPS) is 33.8. The van der Waals surface area contributed by atoms with Crippen molar-refractivity contribution in [3.05, 3.63) is 0 Å². The summed E-state index contributed by atoms with van der Waals surface area (Å²) in [6, 6.07) is 0. The van der Waals surface area contributed by atoms with Crippen molar-refractivity contribution in [2.45, 2.75) is 46.6 Å². The maximum Gasteiger partial charge on any atom is 0.0625 e. The number of ether oxygens (including phenoxy) is 1. The Bertz CT molecular complexity index is 123. The molecule has 0 aromatic rings. The van der Waals surface area contributed by atoms with Gasteiger partial charge in [-0.15, -0.1) is 0 Å². The largest absolute Gasteiger partial charge is 0.378 e. The lowest BCUT2D eigenvalue weighted by atomic mass is 9.82. The minimum atomic E-state index is 0.328. The van der Waals surface area contributed by atoms with Crippen LogP contribution in [0, 0.1) is 11.3 Å². The molecular weight excluding hydrogens is 136 g/mol. The first-order chi connectivity index (χ1) is 5.00. The molecule has 1 nitrogen and oxygen atoms in total. The van der Waals surface area contributed by atoms with Crippen molar-refractivity contribution < 1.29 is 4.74 Å². The minimum absolute atomic E-state index is 0.328. The van der Waals surface area contributed by atoms with Crippen molar-refractivity contribution in [2.24, 2.45) is 11.3 Å². The highest BCUT2D eigenvalue weighted by Crippen LogP contribution is 2.31. The van der Waals surface area contributed by atoms with Gasteiger partial charge in [0.1, 0.15) is 0 Å². The van der Waals surface area contributed by atoms with Gasteiger partial charge < -0.3 is 4.74 Å². The first-order valence-electron chi connectivity index (χ1n) is 4.62. The van der Waals surface area contributed by atoms with Gasteiger partial charge in [0.05, 0.1) is 6.10 Å². The van der Waals surface area contributed by atoms with E-state index in [0.717, 1.165) is 12.5 Å². The lowest BCUT2D eigenvalue weighted by Gasteiger charge is -2.36. The molecule has 1 aliphatic heterocycles. The van der Waals surface area contributed by atoms with Gasteiger partial charge in [-0.1, -0.05) is 27.7 Å². The molecule has 0 aromatic heterocycles. The van der Waals surface area contributed by atoms with Crippen molar-refractivity contribution in [3.8, 4) is 0 Å². The van der Waals surface area contributed by atoms with E-state index in [1.54, 1.807) is 0 Å². The van der Waals surface area contributed by atoms with E-state index in [0.29, 0.717) is 11.5 Å². The van der Waals surface area contributed by atoms with Gasteiger partial charge in [-0.25, -0.2) is 0 Å². The van der Waals surface area contributed by atoms with Crippen molar-refractivity contribution in [2.75, 3.05) is 6.61 Å². The summed E-state index contributed by atoms with van der Waals surface area (Å²) in [6.45, 7) is 10.1. The molecule has 66 valence electrons. The fourth-order valence-electron chi connectivity index (χ4n) is 1.57. The molecule has 0 unspecified atom stereocenters. The topological polar surface area (TPSA) is 9.23 Å². The Morgan fingerprint density at radius 3 is 2.27 bits per heavy atom. The molecule has 1 rings (SSSR count). The van der Waals surface area contributed by atoms with Crippen LogP contribution in [-0.4, -0.2) is 12.7 Å². The van der Waals surface area contributed by atoms with E-state index in [4.69, 9.17) is 4.74 Å². The molecule has 2 atom stereocenters. The molecule has 0 N–H and O–H groups in total. The van der Waals surface area contributed by atoms with Gasteiger partial charge in [-0.3, -0.25) is 0 Å². The second-order valence-corrected chi connectivity index (χ2v) is 4.86. The van der Waals surface area contributed by atoms with Gasteiger partial charge in [0.25, 0.3) is 0 Å². The molecule has 0 spiro atoms. The second kappa shape index (κ2) is 3.14. The highest BCUT2D eigenvalue weighted by molar-refractivity contribution is 4.79. The van der Waals surface area contributed by atoms with Crippen LogP contribution in [0.2, 0.25) is 0 Å². The SMILES string of the molecule is C[C@H]1CCO[C@@H](C(C)(C)C)C1. The zero-order chi connectivity index (χ0) is 8.48. The van der Waals surface area contributed by atoms with E-state index < -0.39 is 0 Å². The predicted molar refractivity (Wildman–Crippen MR) is 47.6 cm³/mol. The van der Waals surface area contributed by atoms with Crippen molar-refractivity contribution in [1.29, 1.82) is 0 Å². The van der Waals surface area contributed by atoms with E-state index >= 15 is 0 Å². The van der Waals surface area contributed by atoms with E-state index in [9.17, 15) is 0 Å². The predicted octanol–water partition coefficient (Wildman–Crippen LogP) is 2.85. The summed E-state index contributed by atoms with van der Waals surface area (Å²) in [6.07, 6.45) is 2.96. The van der Waals surface area contributed by atoms with Crippen LogP contribution in [0.4, 0.5) is 0 Å². The third-order valence-corrected chi connectivity index (χ3v) is 2.51. The zero-order valence-corrected chi connectivity index (χ0v) is 8.18. The third-order valence-electron chi connectivity index (χ3n) is 2.51. The summed E-state index contributed by atoms with van der Waals surface area (Å²) in [7, 11) is 0. The number of hydrogen-bond acceptors (Lipinski definition) is 1. The lowest BCUT2D eigenvalue weighted by Crippen LogP contribution is -2.35. The molecule has 1 heterocycles. The van der Waals surface area contributed by atoms with Gasteiger partial charge in [-0.2, -0.15) is 0 Å². The third kappa shape index (κ3) is 2.48. The molecule has 1 saturated heterocycles. The highest BCUT2D eigenvalue weighted by atomic mass is 16.5. The standard InChI is InChI=1S/C10H20O/c1-8-5-6-11-9(7-8)10(2,3)4/h8-9H,5-7H2,1-4H3/t8-,9+/m0/s1.